The molecule has 0 unspecified atom stereocenters. The van der Waals surface area contributed by atoms with Crippen molar-refractivity contribution < 1.29 is 9.53 Å². The maximum atomic E-state index is 10.8. The predicted molar refractivity (Wildman–Crippen MR) is 123 cm³/mol. The summed E-state index contributed by atoms with van der Waals surface area (Å²) in [5, 5.41) is 6.72. The number of primary amides is 1. The van der Waals surface area contributed by atoms with Crippen LogP contribution in [0, 0.1) is 6.92 Å². The van der Waals surface area contributed by atoms with E-state index in [0.29, 0.717) is 5.75 Å². The van der Waals surface area contributed by atoms with E-state index in [-0.39, 0.29) is 6.61 Å². The molecule has 7 heteroatoms. The first-order chi connectivity index (χ1) is 14.5. The number of aryl methyl sites for hydroxylation is 1. The van der Waals surface area contributed by atoms with Gasteiger partial charge in [0.15, 0.2) is 12.6 Å². The molecule has 0 bridgehead atoms. The van der Waals surface area contributed by atoms with Crippen molar-refractivity contribution >= 4 is 17.6 Å². The van der Waals surface area contributed by atoms with Crippen LogP contribution in [-0.4, -0.2) is 51.7 Å². The van der Waals surface area contributed by atoms with Gasteiger partial charge >= 0.3 is 0 Å². The molecule has 0 aliphatic heterocycles. The van der Waals surface area contributed by atoms with Crippen molar-refractivity contribution in [3.8, 4) is 5.75 Å². The Balaban J connectivity index is 1.72. The van der Waals surface area contributed by atoms with Crippen molar-refractivity contribution in [1.82, 2.24) is 10.6 Å². The molecule has 4 N–H and O–H groups in total. The molecule has 0 saturated heterocycles. The average Bonchev–Trinajstić information content (AvgIpc) is 2.74. The Morgan fingerprint density at radius 1 is 1.13 bits per heavy atom. The van der Waals surface area contributed by atoms with Crippen LogP contribution in [0.1, 0.15) is 18.1 Å². The minimum absolute atomic E-state index is 0.109. The van der Waals surface area contributed by atoms with E-state index in [1.807, 2.05) is 24.3 Å². The lowest BCUT2D eigenvalue weighted by Gasteiger charge is -2.24. The number of hydrogen-bond acceptors (Lipinski definition) is 4. The van der Waals surface area contributed by atoms with Gasteiger partial charge in [-0.15, -0.1) is 0 Å². The average molecular weight is 412 g/mol. The third-order valence-corrected chi connectivity index (χ3v) is 4.66. The molecular weight excluding hydrogens is 378 g/mol. The summed E-state index contributed by atoms with van der Waals surface area (Å²) in [7, 11) is 1.78. The van der Waals surface area contributed by atoms with Crippen molar-refractivity contribution in [3.05, 3.63) is 59.7 Å². The largest absolute Gasteiger partial charge is 0.484 e. The highest BCUT2D eigenvalue weighted by atomic mass is 16.5. The third-order valence-electron chi connectivity index (χ3n) is 4.66. The van der Waals surface area contributed by atoms with E-state index in [9.17, 15) is 4.79 Å². The molecular formula is C23H33N5O2. The SMILES string of the molecule is CCN(CCNC(=NC)NCCc1ccc(OCC(N)=O)cc1)c1cccc(C)c1. The second kappa shape index (κ2) is 12.4. The number of likely N-dealkylation sites (N-methyl/N-ethyl adjacent to an activating group) is 1. The fraction of sp³-hybridized carbons (Fsp3) is 0.391. The Bertz CT molecular complexity index is 821. The van der Waals surface area contributed by atoms with Crippen LogP contribution in [0.2, 0.25) is 0 Å². The number of aliphatic imine (C=N–C) groups is 1. The molecule has 2 aromatic carbocycles. The second-order valence-corrected chi connectivity index (χ2v) is 6.99. The number of hydrogen-bond donors (Lipinski definition) is 3. The number of benzene rings is 2. The van der Waals surface area contributed by atoms with Gasteiger partial charge in [-0.3, -0.25) is 9.79 Å². The van der Waals surface area contributed by atoms with Crippen LogP contribution in [0.3, 0.4) is 0 Å². The van der Waals surface area contributed by atoms with Gasteiger partial charge in [0, 0.05) is 38.9 Å². The molecule has 0 fully saturated rings. The van der Waals surface area contributed by atoms with Crippen LogP contribution in [-0.2, 0) is 11.2 Å². The van der Waals surface area contributed by atoms with Crippen LogP contribution in [0.5, 0.6) is 5.75 Å². The van der Waals surface area contributed by atoms with Crippen LogP contribution in [0.15, 0.2) is 53.5 Å². The highest BCUT2D eigenvalue weighted by molar-refractivity contribution is 5.79. The second-order valence-electron chi connectivity index (χ2n) is 6.99. The van der Waals surface area contributed by atoms with Gasteiger partial charge in [0.2, 0.25) is 0 Å². The first-order valence-electron chi connectivity index (χ1n) is 10.3. The zero-order valence-electron chi connectivity index (χ0n) is 18.1. The van der Waals surface area contributed by atoms with Gasteiger partial charge in [-0.1, -0.05) is 24.3 Å². The van der Waals surface area contributed by atoms with E-state index in [1.54, 1.807) is 7.05 Å². The fourth-order valence-corrected chi connectivity index (χ4v) is 3.06. The van der Waals surface area contributed by atoms with E-state index < -0.39 is 5.91 Å². The Kier molecular flexibility index (Phi) is 9.51. The highest BCUT2D eigenvalue weighted by Gasteiger charge is 2.05. The molecule has 0 aliphatic carbocycles. The summed E-state index contributed by atoms with van der Waals surface area (Å²) in [5.41, 5.74) is 8.76. The van der Waals surface area contributed by atoms with Crippen LogP contribution in [0.4, 0.5) is 5.69 Å². The molecule has 0 radical (unpaired) electrons. The number of ether oxygens (including phenoxy) is 1. The molecule has 0 spiro atoms. The number of rotatable bonds is 11. The molecule has 2 rings (SSSR count). The molecule has 1 amide bonds. The zero-order valence-corrected chi connectivity index (χ0v) is 18.1. The topological polar surface area (TPSA) is 92.0 Å². The normalized spacial score (nSPS) is 11.1. The summed E-state index contributed by atoms with van der Waals surface area (Å²) < 4.78 is 5.27. The number of amides is 1. The Morgan fingerprint density at radius 3 is 2.50 bits per heavy atom. The molecule has 30 heavy (non-hydrogen) atoms. The molecule has 0 aromatic heterocycles. The van der Waals surface area contributed by atoms with Gasteiger partial charge in [0.1, 0.15) is 5.75 Å². The molecule has 7 nitrogen and oxygen atoms in total. The smallest absolute Gasteiger partial charge is 0.255 e. The number of carbonyl (C=O) groups excluding carboxylic acids is 1. The number of nitrogens with one attached hydrogen (secondary N) is 2. The number of guanidine groups is 1. The fourth-order valence-electron chi connectivity index (χ4n) is 3.06. The third kappa shape index (κ3) is 8.03. The van der Waals surface area contributed by atoms with Crippen molar-refractivity contribution in [3.63, 3.8) is 0 Å². The summed E-state index contributed by atoms with van der Waals surface area (Å²) in [6.45, 7) is 7.58. The van der Waals surface area contributed by atoms with E-state index >= 15 is 0 Å². The molecule has 2 aromatic rings. The minimum Gasteiger partial charge on any atom is -0.484 e. The molecule has 0 aliphatic rings. The summed E-state index contributed by atoms with van der Waals surface area (Å²) in [6, 6.07) is 16.2. The first kappa shape index (κ1) is 23.1. The van der Waals surface area contributed by atoms with Gasteiger partial charge in [-0.2, -0.15) is 0 Å². The first-order valence-corrected chi connectivity index (χ1v) is 10.3. The summed E-state index contributed by atoms with van der Waals surface area (Å²) in [5.74, 6) is 0.942. The Labute approximate surface area is 179 Å². The Morgan fingerprint density at radius 2 is 1.87 bits per heavy atom. The maximum absolute atomic E-state index is 10.8. The van der Waals surface area contributed by atoms with Crippen molar-refractivity contribution in [2.45, 2.75) is 20.3 Å². The van der Waals surface area contributed by atoms with E-state index in [4.69, 9.17) is 10.5 Å². The number of nitrogens with two attached hydrogens (primary N) is 1. The predicted octanol–water partition coefficient (Wildman–Crippen LogP) is 2.09. The number of nitrogens with zero attached hydrogens (tertiary/aromatic N) is 2. The Hall–Kier alpha value is -3.22. The summed E-state index contributed by atoms with van der Waals surface area (Å²) >= 11 is 0. The monoisotopic (exact) mass is 411 g/mol. The highest BCUT2D eigenvalue weighted by Crippen LogP contribution is 2.15. The standard InChI is InChI=1S/C23H33N5O2/c1-4-28(20-7-5-6-18(2)16-20)15-14-27-23(25-3)26-13-12-19-8-10-21(11-9-19)30-17-22(24)29/h5-11,16H,4,12-15,17H2,1-3H3,(H2,24,29)(H2,25,26,27). The number of carbonyl (C=O) groups is 1. The van der Waals surface area contributed by atoms with Crippen LogP contribution >= 0.6 is 0 Å². The van der Waals surface area contributed by atoms with Crippen molar-refractivity contribution in [2.24, 2.45) is 10.7 Å². The maximum Gasteiger partial charge on any atom is 0.255 e. The minimum atomic E-state index is -0.483. The van der Waals surface area contributed by atoms with E-state index in [1.165, 1.54) is 16.8 Å². The van der Waals surface area contributed by atoms with E-state index in [0.717, 1.165) is 38.6 Å². The van der Waals surface area contributed by atoms with Gasteiger partial charge in [-0.25, -0.2) is 0 Å². The molecule has 0 atom stereocenters. The quantitative estimate of drug-likeness (QED) is 0.389. The van der Waals surface area contributed by atoms with Crippen LogP contribution in [0.25, 0.3) is 0 Å². The lowest BCUT2D eigenvalue weighted by molar-refractivity contribution is -0.119. The summed E-state index contributed by atoms with van der Waals surface area (Å²) in [6.07, 6.45) is 0.848. The van der Waals surface area contributed by atoms with Crippen LogP contribution < -0.4 is 26.0 Å². The van der Waals surface area contributed by atoms with E-state index in [2.05, 4.69) is 58.6 Å². The lowest BCUT2D eigenvalue weighted by Crippen LogP contribution is -2.42. The molecule has 162 valence electrons. The van der Waals surface area contributed by atoms with Gasteiger partial charge < -0.3 is 26.0 Å². The molecule has 0 heterocycles. The van der Waals surface area contributed by atoms with Crippen molar-refractivity contribution in [1.29, 1.82) is 0 Å². The summed E-state index contributed by atoms with van der Waals surface area (Å²) in [4.78, 5) is 17.4. The lowest BCUT2D eigenvalue weighted by atomic mass is 10.1. The molecule has 0 saturated carbocycles. The van der Waals surface area contributed by atoms with Gasteiger partial charge in [0.25, 0.3) is 5.91 Å². The van der Waals surface area contributed by atoms with Gasteiger partial charge in [0.05, 0.1) is 0 Å². The van der Waals surface area contributed by atoms with Gasteiger partial charge in [-0.05, 0) is 55.7 Å². The number of anilines is 1. The van der Waals surface area contributed by atoms with Crippen molar-refractivity contribution in [2.75, 3.05) is 44.7 Å². The zero-order chi connectivity index (χ0) is 21.8.